The van der Waals surface area contributed by atoms with Crippen molar-refractivity contribution >= 4 is 115 Å². The van der Waals surface area contributed by atoms with Crippen LogP contribution in [0.2, 0.25) is 5.15 Å². The van der Waals surface area contributed by atoms with Crippen molar-refractivity contribution in [3.05, 3.63) is 215 Å². The van der Waals surface area contributed by atoms with Crippen LogP contribution in [-0.4, -0.2) is 91.1 Å². The van der Waals surface area contributed by atoms with Gasteiger partial charge >= 0.3 is 30.8 Å². The third-order valence-electron chi connectivity index (χ3n) is 11.9. The molecule has 4 aromatic heterocycles. The van der Waals surface area contributed by atoms with Gasteiger partial charge in [0.15, 0.2) is 0 Å². The van der Waals surface area contributed by atoms with Crippen LogP contribution < -0.4 is 38.8 Å². The van der Waals surface area contributed by atoms with Crippen LogP contribution in [0.25, 0.3) is 0 Å². The van der Waals surface area contributed by atoms with E-state index in [1.54, 1.807) is 61.5 Å². The Balaban J connectivity index is -0.000000251. The fourth-order valence-corrected chi connectivity index (χ4v) is 8.30. The number of nitrogens with zero attached hydrogens (tertiary/aromatic N) is 9. The predicted octanol–water partition coefficient (Wildman–Crippen LogP) is 12.1. The number of ether oxygens (including phenoxy) is 4. The van der Waals surface area contributed by atoms with E-state index >= 15 is 0 Å². The van der Waals surface area contributed by atoms with Gasteiger partial charge in [0.25, 0.3) is 0 Å². The number of carbonyl (C=O) groups is 2. The number of methoxy groups -OCH3 is 1. The summed E-state index contributed by atoms with van der Waals surface area (Å²) in [6.45, 7) is 22.5. The molecule has 0 saturated heterocycles. The number of nitrogens with two attached hydrogens (primary N) is 1. The SMILES string of the molecule is C.C.COC(=O)c1ccc([C@H](C)Oc2cc(C)nc(C)n2)cc1.C[C@H](O)c1ccc(Br)cc1.Cc1cc(Cl)nc(C)n1.Cc1cc(O[C@@H](C)c2ccc(Br)cc2)nc(C)n1.Cc1cc(O[C@@H](C)c2ccc(C(=O)O)cc2)nc(C)n1.N/C(=N\O)C1CC1.O.S.S.S.S.[Li+].[OH-]. The van der Waals surface area contributed by atoms with Gasteiger partial charge in [-0.15, -0.1) is 0 Å². The number of carboxylic acids is 1. The first kappa shape index (κ1) is 99.0. The molecule has 0 bridgehead atoms. The topological polar surface area (TPSA) is 335 Å². The number of aryl methyl sites for hydroxylation is 8. The largest absolute Gasteiger partial charge is 1.00 e. The van der Waals surface area contributed by atoms with E-state index in [2.05, 4.69) is 81.6 Å². The molecule has 4 atom stereocenters. The molecule has 8 N–H and O–H groups in total. The number of aromatic carboxylic acids is 1. The smallest absolute Gasteiger partial charge is 0.870 e. The summed E-state index contributed by atoms with van der Waals surface area (Å²) in [4.78, 5) is 55.5. The van der Waals surface area contributed by atoms with E-state index in [1.165, 1.54) is 7.11 Å². The predicted molar refractivity (Wildman–Crippen MR) is 395 cm³/mol. The van der Waals surface area contributed by atoms with Crippen LogP contribution in [0.15, 0.2) is 135 Å². The van der Waals surface area contributed by atoms with Crippen molar-refractivity contribution < 1.29 is 73.8 Å². The third-order valence-corrected chi connectivity index (χ3v) is 13.1. The number of benzene rings is 4. The normalized spacial score (nSPS) is 11.5. The van der Waals surface area contributed by atoms with Crippen molar-refractivity contribution in [2.45, 2.75) is 135 Å². The molecule has 0 spiro atoms. The zero-order valence-electron chi connectivity index (χ0n) is 53.8. The Labute approximate surface area is 615 Å². The van der Waals surface area contributed by atoms with E-state index in [0.717, 1.165) is 78.5 Å². The van der Waals surface area contributed by atoms with Gasteiger partial charge in [-0.1, -0.05) is 112 Å². The average Bonchev–Trinajstić information content (AvgIpc) is 2.23. The molecule has 0 amide bonds. The average molecular weight is 1520 g/mol. The zero-order chi connectivity index (χ0) is 62.9. The maximum atomic E-state index is 11.4. The second-order valence-electron chi connectivity index (χ2n) is 19.5. The van der Waals surface area contributed by atoms with E-state index in [0.29, 0.717) is 51.8 Å². The Hall–Kier alpha value is -6.06. The molecule has 1 saturated carbocycles. The molecule has 21 nitrogen and oxygen atoms in total. The van der Waals surface area contributed by atoms with Crippen molar-refractivity contribution in [1.29, 1.82) is 0 Å². The summed E-state index contributed by atoms with van der Waals surface area (Å²) in [6.07, 6.45) is 1.39. The van der Waals surface area contributed by atoms with Gasteiger partial charge in [-0.3, -0.25) is 0 Å². The number of hydrogen-bond donors (Lipinski definition) is 4. The van der Waals surface area contributed by atoms with Gasteiger partial charge in [-0.2, -0.15) is 68.9 Å². The Morgan fingerprint density at radius 3 is 1.06 bits per heavy atom. The van der Waals surface area contributed by atoms with Gasteiger partial charge in [-0.05, 0) is 173 Å². The minimum Gasteiger partial charge on any atom is -0.870 e. The molecule has 1 aliphatic carbocycles. The van der Waals surface area contributed by atoms with Crippen LogP contribution in [0.5, 0.6) is 17.6 Å². The molecule has 0 radical (unpaired) electrons. The van der Waals surface area contributed by atoms with Crippen LogP contribution in [-0.2, 0) is 4.74 Å². The maximum absolute atomic E-state index is 11.4. The van der Waals surface area contributed by atoms with Gasteiger partial charge in [0.05, 0.1) is 24.3 Å². The molecule has 29 heteroatoms. The van der Waals surface area contributed by atoms with Gasteiger partial charge in [-0.25, -0.2) is 34.5 Å². The second-order valence-corrected chi connectivity index (χ2v) is 21.7. The molecule has 1 fully saturated rings. The number of oxime groups is 1. The van der Waals surface area contributed by atoms with Crippen LogP contribution in [0.3, 0.4) is 0 Å². The molecule has 1 aliphatic rings. The van der Waals surface area contributed by atoms with Crippen molar-refractivity contribution in [3.63, 3.8) is 0 Å². The van der Waals surface area contributed by atoms with Crippen molar-refractivity contribution in [3.8, 4) is 17.6 Å². The first-order chi connectivity index (χ1) is 40.2. The molecule has 8 aromatic rings. The maximum Gasteiger partial charge on any atom is 1.00 e. The number of rotatable bonds is 13. The molecule has 0 unspecified atom stereocenters. The first-order valence-corrected chi connectivity index (χ1v) is 28.8. The van der Waals surface area contributed by atoms with Crippen LogP contribution in [0.4, 0.5) is 0 Å². The first-order valence-electron chi connectivity index (χ1n) is 26.8. The molecular weight excluding hydrogens is 1430 g/mol. The molecule has 4 heterocycles. The van der Waals surface area contributed by atoms with Crippen LogP contribution in [0, 0.1) is 61.3 Å². The van der Waals surface area contributed by atoms with E-state index in [4.69, 9.17) is 47.0 Å². The number of aromatic nitrogens is 8. The number of esters is 1. The fourth-order valence-electron chi connectivity index (χ4n) is 7.49. The summed E-state index contributed by atoms with van der Waals surface area (Å²) < 4.78 is 24.2. The molecule has 94 heavy (non-hydrogen) atoms. The number of halogens is 3. The molecule has 9 rings (SSSR count). The summed E-state index contributed by atoms with van der Waals surface area (Å²) in [5.74, 6) is 3.97. The number of carbonyl (C=O) groups excluding carboxylic acids is 1. The third kappa shape index (κ3) is 37.3. The number of hydrogen-bond acceptors (Lipinski definition) is 18. The van der Waals surface area contributed by atoms with E-state index < -0.39 is 5.97 Å². The monoisotopic (exact) mass is 1520 g/mol. The second kappa shape index (κ2) is 50.3. The summed E-state index contributed by atoms with van der Waals surface area (Å²) in [6, 6.07) is 36.6. The van der Waals surface area contributed by atoms with Crippen LogP contribution in [0.1, 0.15) is 169 Å². The minimum absolute atomic E-state index is 0. The van der Waals surface area contributed by atoms with Gasteiger partial charge < -0.3 is 51.1 Å². The van der Waals surface area contributed by atoms with E-state index in [9.17, 15) is 9.59 Å². The number of carboxylic acid groups (broad SMARTS) is 1. The number of amidine groups is 1. The van der Waals surface area contributed by atoms with Crippen molar-refractivity contribution in [2.75, 3.05) is 7.11 Å². The van der Waals surface area contributed by atoms with Gasteiger partial charge in [0, 0.05) is 55.8 Å². The van der Waals surface area contributed by atoms with Crippen LogP contribution >= 0.6 is 97.4 Å². The van der Waals surface area contributed by atoms with Crippen molar-refractivity contribution in [1.82, 2.24) is 39.9 Å². The number of aliphatic hydroxyl groups excluding tert-OH is 1. The van der Waals surface area contributed by atoms with Crippen molar-refractivity contribution in [2.24, 2.45) is 16.8 Å². The Bertz CT molecular complexity index is 3360. The Morgan fingerprint density at radius 2 is 0.819 bits per heavy atom. The van der Waals surface area contributed by atoms with Gasteiger partial charge in [0.1, 0.15) is 52.6 Å². The molecule has 0 aliphatic heterocycles. The minimum atomic E-state index is -0.938. The molecule has 4 aromatic carbocycles. The summed E-state index contributed by atoms with van der Waals surface area (Å²) in [5, 5.41) is 29.3. The van der Waals surface area contributed by atoms with E-state index in [-0.39, 0.29) is 135 Å². The molecular formula is C65H92Br2ClLiN10O11S4. The summed E-state index contributed by atoms with van der Waals surface area (Å²) in [5.41, 5.74) is 13.4. The van der Waals surface area contributed by atoms with E-state index in [1.807, 2.05) is 143 Å². The summed E-state index contributed by atoms with van der Waals surface area (Å²) >= 11 is 12.3. The fraction of sp³-hybridized carbons (Fsp3) is 0.338. The summed E-state index contributed by atoms with van der Waals surface area (Å²) in [7, 11) is 1.36. The van der Waals surface area contributed by atoms with Gasteiger partial charge in [0.2, 0.25) is 17.6 Å². The Morgan fingerprint density at radius 1 is 0.532 bits per heavy atom. The molecule has 514 valence electrons. The standard InChI is InChI=1S/C16H18N2O3.C15H16N2O3.C14H15BrN2O.C8H9BrO.C6H7ClN2.C4H8N2O.2CH4.Li.2H2O.4H2S/c1-10-9-15(18-12(3)17-10)21-11(2)13-5-7-14(8-6-13)16(19)20-4;1-9-8-14(17-11(3)16-9)20-10(2)12-4-6-13(7-5-12)15(18)19;1-9-8-14(17-11(3)16-9)18-10(2)12-4-6-13(15)7-5-12;1-6(10)7-2-4-8(9)5-3-7;1-4-3-6(7)9-5(2)8-4;5-4(6-7)3-1-2-3;;;;;;;;;/h5-9,11H,1-4H3;4-8,10H,1-3H3,(H,18,19);4-8,10H,1-3H3;2-6,10H,1H3;3H,1-2H3;3,7H,1-2H2,(H2,5,6);2*1H4;;6*1H2/q;;;;;;;;+1;;;;;;/p-1/t11-;2*10-;6-;;;;;;;;;;;/m0000.........../s1. The zero-order valence-corrected chi connectivity index (χ0v) is 61.8. The quantitative estimate of drug-likeness (QED) is 0.0158. The number of aliphatic hydroxyl groups is 1. The Kier molecular flexibility index (Phi) is 53.0.